The second kappa shape index (κ2) is 7.06. The number of ether oxygens (including phenoxy) is 1. The summed E-state index contributed by atoms with van der Waals surface area (Å²) in [5, 5.41) is 4.00. The Morgan fingerprint density at radius 2 is 2.37 bits per heavy atom. The Balaban J connectivity index is 1.96. The largest absolute Gasteiger partial charge is 0.378 e. The van der Waals surface area contributed by atoms with Gasteiger partial charge in [-0.25, -0.2) is 0 Å². The quantitative estimate of drug-likeness (QED) is 0.843. The van der Waals surface area contributed by atoms with Crippen LogP contribution in [0.25, 0.3) is 0 Å². The fraction of sp³-hybridized carbons (Fsp3) is 0.533. The molecule has 0 aliphatic carbocycles. The fourth-order valence-electron chi connectivity index (χ4n) is 2.39. The Morgan fingerprint density at radius 3 is 3.05 bits per heavy atom. The molecule has 2 atom stereocenters. The van der Waals surface area contributed by atoms with Crippen LogP contribution >= 0.6 is 15.9 Å². The van der Waals surface area contributed by atoms with Crippen LogP contribution in [0.15, 0.2) is 24.3 Å². The normalized spacial score (nSPS) is 22.4. The summed E-state index contributed by atoms with van der Waals surface area (Å²) in [4.78, 5) is 12.2. The van der Waals surface area contributed by atoms with Crippen molar-refractivity contribution in [2.24, 2.45) is 5.92 Å². The van der Waals surface area contributed by atoms with Gasteiger partial charge in [-0.15, -0.1) is 0 Å². The van der Waals surface area contributed by atoms with E-state index in [1.165, 1.54) is 5.56 Å². The molecule has 0 saturated carbocycles. The molecule has 1 heterocycles. The third-order valence-corrected chi connectivity index (χ3v) is 4.07. The number of carbonyl (C=O) groups excluding carboxylic acids is 1. The summed E-state index contributed by atoms with van der Waals surface area (Å²) < 4.78 is 5.44. The van der Waals surface area contributed by atoms with E-state index >= 15 is 0 Å². The monoisotopic (exact) mass is 325 g/mol. The number of aryl methyl sites for hydroxylation is 1. The van der Waals surface area contributed by atoms with Gasteiger partial charge in [-0.3, -0.25) is 4.79 Å². The minimum absolute atomic E-state index is 0.0220. The van der Waals surface area contributed by atoms with E-state index in [1.54, 1.807) is 0 Å². The van der Waals surface area contributed by atoms with Crippen molar-refractivity contribution in [3.05, 3.63) is 29.8 Å². The van der Waals surface area contributed by atoms with Crippen molar-refractivity contribution in [3.8, 4) is 0 Å². The van der Waals surface area contributed by atoms with Gasteiger partial charge in [0.25, 0.3) is 0 Å². The standard InChI is InChI=1S/C15H20BrNO2/c1-11-14(7-9-19-11)15(18)17-13-6-2-4-12(10-13)5-3-8-16/h2,4,6,10-11,14H,3,5,7-9H2,1H3,(H,17,18). The highest BCUT2D eigenvalue weighted by molar-refractivity contribution is 9.09. The maximum absolute atomic E-state index is 12.2. The van der Waals surface area contributed by atoms with E-state index in [0.717, 1.165) is 30.3 Å². The molecule has 4 heteroatoms. The van der Waals surface area contributed by atoms with Gasteiger partial charge in [-0.05, 0) is 43.9 Å². The van der Waals surface area contributed by atoms with Crippen molar-refractivity contribution in [2.45, 2.75) is 32.3 Å². The molecule has 1 N–H and O–H groups in total. The molecule has 1 fully saturated rings. The van der Waals surface area contributed by atoms with Crippen LogP contribution in [-0.2, 0) is 16.0 Å². The third-order valence-electron chi connectivity index (χ3n) is 3.51. The van der Waals surface area contributed by atoms with E-state index in [4.69, 9.17) is 4.74 Å². The van der Waals surface area contributed by atoms with Crippen molar-refractivity contribution >= 4 is 27.5 Å². The number of rotatable bonds is 5. The molecule has 1 amide bonds. The SMILES string of the molecule is CC1OCCC1C(=O)Nc1cccc(CCCBr)c1. The summed E-state index contributed by atoms with van der Waals surface area (Å²) in [7, 11) is 0. The van der Waals surface area contributed by atoms with Crippen LogP contribution < -0.4 is 5.32 Å². The van der Waals surface area contributed by atoms with E-state index < -0.39 is 0 Å². The lowest BCUT2D eigenvalue weighted by atomic mass is 10.0. The molecule has 104 valence electrons. The summed E-state index contributed by atoms with van der Waals surface area (Å²) in [6, 6.07) is 8.09. The Labute approximate surface area is 122 Å². The molecule has 3 nitrogen and oxygen atoms in total. The molecule has 1 saturated heterocycles. The first-order chi connectivity index (χ1) is 9.20. The lowest BCUT2D eigenvalue weighted by molar-refractivity contribution is -0.121. The predicted octanol–water partition coefficient (Wildman–Crippen LogP) is 3.38. The Bertz CT molecular complexity index is 436. The topological polar surface area (TPSA) is 38.3 Å². The molecule has 1 aromatic carbocycles. The second-order valence-corrected chi connectivity index (χ2v) is 5.75. The maximum Gasteiger partial charge on any atom is 0.230 e. The smallest absolute Gasteiger partial charge is 0.230 e. The van der Waals surface area contributed by atoms with E-state index in [1.807, 2.05) is 19.1 Å². The third kappa shape index (κ3) is 4.05. The first-order valence-electron chi connectivity index (χ1n) is 6.78. The van der Waals surface area contributed by atoms with Crippen LogP contribution in [0.5, 0.6) is 0 Å². The van der Waals surface area contributed by atoms with Crippen molar-refractivity contribution in [1.29, 1.82) is 0 Å². The van der Waals surface area contributed by atoms with Crippen molar-refractivity contribution in [3.63, 3.8) is 0 Å². The molecular weight excluding hydrogens is 306 g/mol. The minimum atomic E-state index is -0.0220. The first kappa shape index (κ1) is 14.5. The van der Waals surface area contributed by atoms with E-state index in [0.29, 0.717) is 6.61 Å². The molecule has 19 heavy (non-hydrogen) atoms. The number of hydrogen-bond donors (Lipinski definition) is 1. The number of anilines is 1. The first-order valence-corrected chi connectivity index (χ1v) is 7.90. The van der Waals surface area contributed by atoms with Crippen LogP contribution in [0.4, 0.5) is 5.69 Å². The number of halogens is 1. The summed E-state index contributed by atoms with van der Waals surface area (Å²) in [5.41, 5.74) is 2.14. The molecule has 0 radical (unpaired) electrons. The molecule has 2 rings (SSSR count). The molecular formula is C15H20BrNO2. The van der Waals surface area contributed by atoms with Crippen molar-refractivity contribution < 1.29 is 9.53 Å². The zero-order valence-corrected chi connectivity index (χ0v) is 12.8. The maximum atomic E-state index is 12.2. The van der Waals surface area contributed by atoms with E-state index in [2.05, 4.69) is 33.4 Å². The molecule has 2 unspecified atom stereocenters. The van der Waals surface area contributed by atoms with Gasteiger partial charge in [0, 0.05) is 17.6 Å². The van der Waals surface area contributed by atoms with Gasteiger partial charge >= 0.3 is 0 Å². The molecule has 1 aliphatic heterocycles. The Hall–Kier alpha value is -0.870. The van der Waals surface area contributed by atoms with Gasteiger partial charge in [0.1, 0.15) is 0 Å². The van der Waals surface area contributed by atoms with E-state index in [-0.39, 0.29) is 17.9 Å². The summed E-state index contributed by atoms with van der Waals surface area (Å²) in [6.07, 6.45) is 2.97. The minimum Gasteiger partial charge on any atom is -0.378 e. The van der Waals surface area contributed by atoms with Crippen LogP contribution in [-0.4, -0.2) is 23.9 Å². The highest BCUT2D eigenvalue weighted by Gasteiger charge is 2.30. The average Bonchev–Trinajstić information content (AvgIpc) is 2.83. The zero-order valence-electron chi connectivity index (χ0n) is 11.2. The van der Waals surface area contributed by atoms with Gasteiger partial charge < -0.3 is 10.1 Å². The number of nitrogens with one attached hydrogen (secondary N) is 1. The predicted molar refractivity (Wildman–Crippen MR) is 80.7 cm³/mol. The lowest BCUT2D eigenvalue weighted by Gasteiger charge is -2.14. The number of amides is 1. The van der Waals surface area contributed by atoms with Crippen LogP contribution in [0.1, 0.15) is 25.3 Å². The van der Waals surface area contributed by atoms with Crippen LogP contribution in [0.3, 0.4) is 0 Å². The highest BCUT2D eigenvalue weighted by Crippen LogP contribution is 2.22. The second-order valence-electron chi connectivity index (χ2n) is 4.95. The van der Waals surface area contributed by atoms with Crippen molar-refractivity contribution in [1.82, 2.24) is 0 Å². The fourth-order valence-corrected chi connectivity index (χ4v) is 2.67. The molecule has 0 aromatic heterocycles. The zero-order chi connectivity index (χ0) is 13.7. The molecule has 0 spiro atoms. The molecule has 0 bridgehead atoms. The Morgan fingerprint density at radius 1 is 1.53 bits per heavy atom. The van der Waals surface area contributed by atoms with Gasteiger partial charge in [0.15, 0.2) is 0 Å². The van der Waals surface area contributed by atoms with E-state index in [9.17, 15) is 4.79 Å². The Kier molecular flexibility index (Phi) is 5.40. The van der Waals surface area contributed by atoms with Crippen molar-refractivity contribution in [2.75, 3.05) is 17.3 Å². The molecule has 1 aliphatic rings. The summed E-state index contributed by atoms with van der Waals surface area (Å²) in [5.74, 6) is 0.0499. The highest BCUT2D eigenvalue weighted by atomic mass is 79.9. The molecule has 1 aromatic rings. The van der Waals surface area contributed by atoms with Gasteiger partial charge in [0.05, 0.1) is 12.0 Å². The number of carbonyl (C=O) groups is 1. The van der Waals surface area contributed by atoms with Gasteiger partial charge in [0.2, 0.25) is 5.91 Å². The lowest BCUT2D eigenvalue weighted by Crippen LogP contribution is -2.27. The van der Waals surface area contributed by atoms with Crippen LogP contribution in [0, 0.1) is 5.92 Å². The van der Waals surface area contributed by atoms with Crippen LogP contribution in [0.2, 0.25) is 0 Å². The summed E-state index contributed by atoms with van der Waals surface area (Å²) >= 11 is 3.43. The number of alkyl halides is 1. The number of hydrogen-bond acceptors (Lipinski definition) is 2. The van der Waals surface area contributed by atoms with Gasteiger partial charge in [-0.1, -0.05) is 28.1 Å². The number of benzene rings is 1. The average molecular weight is 326 g/mol. The summed E-state index contributed by atoms with van der Waals surface area (Å²) in [6.45, 7) is 2.65. The van der Waals surface area contributed by atoms with Gasteiger partial charge in [-0.2, -0.15) is 0 Å².